The molecule has 0 fully saturated rings. The molecule has 1 spiro atoms. The van der Waals surface area contributed by atoms with E-state index in [0.29, 0.717) is 0 Å². The zero-order valence-corrected chi connectivity index (χ0v) is 43.2. The lowest BCUT2D eigenvalue weighted by molar-refractivity contribution is 0.542. The summed E-state index contributed by atoms with van der Waals surface area (Å²) >= 11 is 0. The van der Waals surface area contributed by atoms with Gasteiger partial charge in [-0.2, -0.15) is 0 Å². The van der Waals surface area contributed by atoms with Gasteiger partial charge in [-0.05, 0) is 161 Å². The molecule has 0 radical (unpaired) electrons. The van der Waals surface area contributed by atoms with Gasteiger partial charge < -0.3 is 18.6 Å². The molecule has 4 heteroatoms. The van der Waals surface area contributed by atoms with Gasteiger partial charge in [0, 0.05) is 72.3 Å². The van der Waals surface area contributed by atoms with Crippen LogP contribution in [0, 0.1) is 0 Å². The molecule has 0 bridgehead atoms. The molecular weight excluding hydrogens is 945 g/mol. The molecule has 0 saturated carbocycles. The van der Waals surface area contributed by atoms with Crippen molar-refractivity contribution in [1.82, 2.24) is 13.7 Å². The number of nitrogens with zero attached hydrogens (tertiary/aromatic N) is 4. The fourth-order valence-corrected chi connectivity index (χ4v) is 16.0. The second kappa shape index (κ2) is 15.4. The van der Waals surface area contributed by atoms with Crippen molar-refractivity contribution in [2.45, 2.75) is 49.1 Å². The largest absolute Gasteiger partial charge is 0.333 e. The molecule has 4 unspecified atom stereocenters. The number of aryl methyl sites for hydroxylation is 1. The molecule has 4 nitrogen and oxygen atoms in total. The molecule has 78 heavy (non-hydrogen) atoms. The van der Waals surface area contributed by atoms with E-state index < -0.39 is 5.41 Å². The third-order valence-electron chi connectivity index (χ3n) is 19.1. The number of fused-ring (bicyclic) bond motifs is 21. The van der Waals surface area contributed by atoms with Crippen molar-refractivity contribution < 1.29 is 0 Å². The third-order valence-corrected chi connectivity index (χ3v) is 19.1. The number of rotatable bonds is 4. The fraction of sp³-hybridized carbons (Fsp3) is 0.108. The molecule has 368 valence electrons. The smallest absolute Gasteiger partial charge is 0.0712 e. The summed E-state index contributed by atoms with van der Waals surface area (Å²) in [6.07, 6.45) is 22.0. The molecule has 4 atom stereocenters. The van der Waals surface area contributed by atoms with Crippen LogP contribution in [0.25, 0.3) is 88.7 Å². The van der Waals surface area contributed by atoms with Gasteiger partial charge in [0.05, 0.1) is 33.5 Å². The van der Waals surface area contributed by atoms with Crippen molar-refractivity contribution in [1.29, 1.82) is 0 Å². The van der Waals surface area contributed by atoms with Crippen molar-refractivity contribution in [3.05, 3.63) is 287 Å². The zero-order valence-electron chi connectivity index (χ0n) is 43.2. The number of hydrogen-bond acceptors (Lipinski definition) is 1. The molecule has 6 aliphatic rings. The normalized spacial score (nSPS) is 21.1. The Morgan fingerprint density at radius 3 is 1.71 bits per heavy atom. The van der Waals surface area contributed by atoms with Crippen LogP contribution in [0.4, 0.5) is 11.4 Å². The van der Waals surface area contributed by atoms with E-state index in [1.54, 1.807) is 0 Å². The van der Waals surface area contributed by atoms with Gasteiger partial charge in [-0.15, -0.1) is 0 Å². The van der Waals surface area contributed by atoms with Crippen LogP contribution in [-0.4, -0.2) is 19.2 Å². The molecule has 18 rings (SSSR count). The van der Waals surface area contributed by atoms with Crippen LogP contribution in [0.3, 0.4) is 0 Å². The van der Waals surface area contributed by atoms with Crippen molar-refractivity contribution >= 4 is 77.5 Å². The summed E-state index contributed by atoms with van der Waals surface area (Å²) in [6.45, 7) is 2.43. The highest BCUT2D eigenvalue weighted by atomic mass is 15.2. The minimum atomic E-state index is -0.668. The minimum absolute atomic E-state index is 0.0604. The lowest BCUT2D eigenvalue weighted by Crippen LogP contribution is -2.42. The van der Waals surface area contributed by atoms with Gasteiger partial charge in [-0.25, -0.2) is 0 Å². The molecule has 12 aromatic rings. The average molecular weight is 997 g/mol. The second-order valence-electron chi connectivity index (χ2n) is 22.7. The summed E-state index contributed by atoms with van der Waals surface area (Å²) in [5.41, 5.74) is 25.0. The highest BCUT2D eigenvalue weighted by molar-refractivity contribution is 6.10. The Kier molecular flexibility index (Phi) is 8.45. The van der Waals surface area contributed by atoms with Gasteiger partial charge >= 0.3 is 0 Å². The van der Waals surface area contributed by atoms with Crippen LogP contribution in [-0.2, 0) is 11.8 Å². The lowest BCUT2D eigenvalue weighted by Gasteiger charge is -2.40. The fourth-order valence-electron chi connectivity index (χ4n) is 16.0. The van der Waals surface area contributed by atoms with Gasteiger partial charge in [0.25, 0.3) is 0 Å². The molecule has 0 N–H and O–H groups in total. The predicted octanol–water partition coefficient (Wildman–Crippen LogP) is 18.2. The third kappa shape index (κ3) is 5.35. The molecule has 9 aromatic carbocycles. The first-order valence-electron chi connectivity index (χ1n) is 27.9. The van der Waals surface area contributed by atoms with Crippen molar-refractivity contribution in [3.63, 3.8) is 0 Å². The maximum absolute atomic E-state index is 2.65. The summed E-state index contributed by atoms with van der Waals surface area (Å²) in [6, 6.07) is 76.7. The van der Waals surface area contributed by atoms with E-state index in [0.717, 1.165) is 19.3 Å². The van der Waals surface area contributed by atoms with Crippen LogP contribution < -0.4 is 4.90 Å². The second-order valence-corrected chi connectivity index (χ2v) is 22.7. The van der Waals surface area contributed by atoms with Crippen molar-refractivity contribution in [2.75, 3.05) is 4.90 Å². The SMILES string of the molecule is CC12C=CC=CC1c1ccccc1N2c1ccc2c(c1)C1(C3=C(C=CC(n4c5ccccc5c5ccccc54)C3)c3ccc(-n4c5ccccc5c5ccccc54)cc31)c1cc(-n3c4c(c5ccccc53)CCC=C4)ccc1-2. The number of anilines is 2. The molecule has 4 heterocycles. The number of aromatic nitrogens is 3. The quantitative estimate of drug-likeness (QED) is 0.172. The molecule has 5 aliphatic carbocycles. The Labute approximate surface area is 452 Å². The standard InChI is InChI=1S/C74H52N4/c1-73-41-17-16-25-61(73)60-24-8-15-32-72(60)78(73)49-36-40-53-52-39-35-48(77-70-30-13-6-22-58(70)59-23-7-14-31-71(59)77)44-64(52)74(65(53)45-49)62-42-46(75-66-26-9-2-18-54(66)55-19-3-10-27-67(55)75)33-37-50(62)51-38-34-47(43-63(51)74)76-68-28-11-4-20-56(68)57-21-5-12-29-69(57)76/h2-6,8-22,24-42,44-45,47,61H,7,23,43H2,1H3. The van der Waals surface area contributed by atoms with Crippen LogP contribution in [0.1, 0.15) is 70.8 Å². The summed E-state index contributed by atoms with van der Waals surface area (Å²) in [5.74, 6) is 0.225. The number of allylic oxidation sites excluding steroid dienone is 7. The van der Waals surface area contributed by atoms with E-state index in [4.69, 9.17) is 0 Å². The van der Waals surface area contributed by atoms with Crippen molar-refractivity contribution in [2.24, 2.45) is 0 Å². The maximum atomic E-state index is 2.65. The number of hydrogen-bond donors (Lipinski definition) is 0. The maximum Gasteiger partial charge on any atom is 0.0712 e. The Morgan fingerprint density at radius 1 is 0.474 bits per heavy atom. The first kappa shape index (κ1) is 42.8. The van der Waals surface area contributed by atoms with Crippen LogP contribution in [0.2, 0.25) is 0 Å². The Morgan fingerprint density at radius 2 is 1.01 bits per heavy atom. The van der Waals surface area contributed by atoms with Gasteiger partial charge in [0.15, 0.2) is 0 Å². The lowest BCUT2D eigenvalue weighted by atomic mass is 9.67. The predicted molar refractivity (Wildman–Crippen MR) is 324 cm³/mol. The van der Waals surface area contributed by atoms with Gasteiger partial charge in [0.2, 0.25) is 0 Å². The van der Waals surface area contributed by atoms with Crippen LogP contribution >= 0.6 is 0 Å². The summed E-state index contributed by atoms with van der Waals surface area (Å²) in [5, 5.41) is 6.48. The Bertz CT molecular complexity index is 4720. The number of para-hydroxylation sites is 6. The zero-order chi connectivity index (χ0) is 51.0. The van der Waals surface area contributed by atoms with Gasteiger partial charge in [-0.1, -0.05) is 170 Å². The molecule has 1 aliphatic heterocycles. The van der Waals surface area contributed by atoms with Crippen LogP contribution in [0.15, 0.2) is 248 Å². The molecule has 0 amide bonds. The average Bonchev–Trinajstić information content (AvgIpc) is 3.38. The van der Waals surface area contributed by atoms with E-state index >= 15 is 0 Å². The van der Waals surface area contributed by atoms with Crippen LogP contribution in [0.5, 0.6) is 0 Å². The summed E-state index contributed by atoms with van der Waals surface area (Å²) < 4.78 is 7.73. The first-order chi connectivity index (χ1) is 38.6. The van der Waals surface area contributed by atoms with E-state index in [2.05, 4.69) is 274 Å². The van der Waals surface area contributed by atoms with E-state index in [9.17, 15) is 0 Å². The van der Waals surface area contributed by atoms with E-state index in [1.165, 1.54) is 139 Å². The van der Waals surface area contributed by atoms with E-state index in [1.807, 2.05) is 0 Å². The summed E-state index contributed by atoms with van der Waals surface area (Å²) in [4.78, 5) is 2.65. The molecule has 3 aromatic heterocycles. The first-order valence-corrected chi connectivity index (χ1v) is 27.9. The molecule has 0 saturated heterocycles. The van der Waals surface area contributed by atoms with Gasteiger partial charge in [-0.3, -0.25) is 0 Å². The van der Waals surface area contributed by atoms with E-state index in [-0.39, 0.29) is 17.5 Å². The molecular formula is C74H52N4. The van der Waals surface area contributed by atoms with Gasteiger partial charge in [0.1, 0.15) is 0 Å². The highest BCUT2D eigenvalue weighted by Crippen LogP contribution is 2.66. The number of benzene rings is 9. The summed E-state index contributed by atoms with van der Waals surface area (Å²) in [7, 11) is 0. The highest BCUT2D eigenvalue weighted by Gasteiger charge is 2.55. The van der Waals surface area contributed by atoms with Crippen molar-refractivity contribution in [3.8, 4) is 22.5 Å². The monoisotopic (exact) mass is 996 g/mol. The Hall–Kier alpha value is -9.38. The Balaban J connectivity index is 0.951. The topological polar surface area (TPSA) is 18.0 Å². The minimum Gasteiger partial charge on any atom is -0.333 e.